The SMILES string of the molecule is O=C1CN(C(=O)CCn2c(=O)oc3ccccc32)c2ccccc2N1. The minimum atomic E-state index is -0.495. The number of aryl methyl sites for hydroxylation is 1. The smallest absolute Gasteiger partial charge is 0.408 e. The number of carbonyl (C=O) groups is 2. The summed E-state index contributed by atoms with van der Waals surface area (Å²) in [5, 5.41) is 2.74. The van der Waals surface area contributed by atoms with Gasteiger partial charge in [-0.3, -0.25) is 14.2 Å². The molecule has 0 unspecified atom stereocenters. The van der Waals surface area contributed by atoms with E-state index in [1.54, 1.807) is 42.5 Å². The predicted octanol–water partition coefficient (Wildman–Crippen LogP) is 1.97. The van der Waals surface area contributed by atoms with Crippen LogP contribution in [0.15, 0.2) is 57.7 Å². The third-order valence-corrected chi connectivity index (χ3v) is 4.19. The van der Waals surface area contributed by atoms with Crippen LogP contribution in [0.25, 0.3) is 11.1 Å². The van der Waals surface area contributed by atoms with Crippen molar-refractivity contribution >= 4 is 34.3 Å². The molecule has 0 saturated heterocycles. The maximum atomic E-state index is 12.6. The van der Waals surface area contributed by atoms with E-state index in [9.17, 15) is 14.4 Å². The Morgan fingerprint density at radius 2 is 1.84 bits per heavy atom. The molecule has 2 heterocycles. The molecule has 0 aliphatic carbocycles. The highest BCUT2D eigenvalue weighted by molar-refractivity contribution is 6.09. The number of nitrogens with zero attached hydrogens (tertiary/aromatic N) is 2. The first-order chi connectivity index (χ1) is 12.1. The van der Waals surface area contributed by atoms with Crippen LogP contribution in [0.5, 0.6) is 0 Å². The highest BCUT2D eigenvalue weighted by Gasteiger charge is 2.26. The van der Waals surface area contributed by atoms with Crippen LogP contribution in [0.4, 0.5) is 11.4 Å². The molecule has 1 aliphatic rings. The van der Waals surface area contributed by atoms with E-state index in [1.807, 2.05) is 6.07 Å². The number of para-hydroxylation sites is 4. The first kappa shape index (κ1) is 15.2. The van der Waals surface area contributed by atoms with Crippen LogP contribution in [0, 0.1) is 0 Å². The second-order valence-corrected chi connectivity index (χ2v) is 5.78. The van der Waals surface area contributed by atoms with Crippen LogP contribution in [0.1, 0.15) is 6.42 Å². The van der Waals surface area contributed by atoms with Gasteiger partial charge in [0.05, 0.1) is 16.9 Å². The topological polar surface area (TPSA) is 84.6 Å². The second-order valence-electron chi connectivity index (χ2n) is 5.78. The molecule has 25 heavy (non-hydrogen) atoms. The molecule has 0 bridgehead atoms. The Kier molecular flexibility index (Phi) is 3.61. The number of hydrogen-bond donors (Lipinski definition) is 1. The third kappa shape index (κ3) is 2.69. The van der Waals surface area contributed by atoms with Crippen molar-refractivity contribution in [2.75, 3.05) is 16.8 Å². The van der Waals surface area contributed by atoms with Crippen molar-refractivity contribution in [2.45, 2.75) is 13.0 Å². The van der Waals surface area contributed by atoms with Crippen LogP contribution in [0.3, 0.4) is 0 Å². The minimum Gasteiger partial charge on any atom is -0.408 e. The molecule has 0 saturated carbocycles. The van der Waals surface area contributed by atoms with Crippen LogP contribution in [-0.2, 0) is 16.1 Å². The standard InChI is InChI=1S/C18H15N3O4/c22-16-11-21(13-6-2-1-5-12(13)19-16)17(23)9-10-20-14-7-3-4-8-15(14)25-18(20)24/h1-8H,9-11H2,(H,19,22). The Labute approximate surface area is 142 Å². The number of benzene rings is 2. The van der Waals surface area contributed by atoms with Gasteiger partial charge in [-0.1, -0.05) is 24.3 Å². The number of oxazole rings is 1. The predicted molar refractivity (Wildman–Crippen MR) is 92.5 cm³/mol. The van der Waals surface area contributed by atoms with Crippen LogP contribution in [-0.4, -0.2) is 22.9 Å². The Balaban J connectivity index is 1.58. The molecular formula is C18H15N3O4. The lowest BCUT2D eigenvalue weighted by atomic mass is 10.2. The quantitative estimate of drug-likeness (QED) is 0.792. The monoisotopic (exact) mass is 337 g/mol. The third-order valence-electron chi connectivity index (χ3n) is 4.19. The van der Waals surface area contributed by atoms with Gasteiger partial charge in [0, 0.05) is 13.0 Å². The van der Waals surface area contributed by atoms with E-state index in [0.717, 1.165) is 0 Å². The number of amides is 2. The minimum absolute atomic E-state index is 0.0309. The molecule has 1 aliphatic heterocycles. The zero-order valence-corrected chi connectivity index (χ0v) is 13.3. The highest BCUT2D eigenvalue weighted by atomic mass is 16.4. The van der Waals surface area contributed by atoms with Gasteiger partial charge >= 0.3 is 5.76 Å². The highest BCUT2D eigenvalue weighted by Crippen LogP contribution is 2.29. The average Bonchev–Trinajstić information content (AvgIpc) is 2.94. The fraction of sp³-hybridized carbons (Fsp3) is 0.167. The molecule has 1 aromatic heterocycles. The number of hydrogen-bond acceptors (Lipinski definition) is 4. The summed E-state index contributed by atoms with van der Waals surface area (Å²) < 4.78 is 6.60. The van der Waals surface area contributed by atoms with E-state index in [1.165, 1.54) is 9.47 Å². The maximum Gasteiger partial charge on any atom is 0.419 e. The number of nitrogens with one attached hydrogen (secondary N) is 1. The van der Waals surface area contributed by atoms with Crippen molar-refractivity contribution in [3.05, 3.63) is 59.1 Å². The largest absolute Gasteiger partial charge is 0.419 e. The van der Waals surface area contributed by atoms with Crippen molar-refractivity contribution in [3.8, 4) is 0 Å². The summed E-state index contributed by atoms with van der Waals surface area (Å²) in [6, 6.07) is 14.2. The molecule has 0 radical (unpaired) electrons. The summed E-state index contributed by atoms with van der Waals surface area (Å²) in [4.78, 5) is 37.9. The zero-order chi connectivity index (χ0) is 17.4. The van der Waals surface area contributed by atoms with Crippen molar-refractivity contribution in [1.29, 1.82) is 0 Å². The number of anilines is 2. The summed E-state index contributed by atoms with van der Waals surface area (Å²) in [5.41, 5.74) is 2.41. The Bertz CT molecular complexity index is 1030. The Morgan fingerprint density at radius 1 is 1.08 bits per heavy atom. The zero-order valence-electron chi connectivity index (χ0n) is 13.3. The van der Waals surface area contributed by atoms with Crippen molar-refractivity contribution < 1.29 is 14.0 Å². The summed E-state index contributed by atoms with van der Waals surface area (Å²) in [5.74, 6) is -0.955. The molecule has 2 amide bonds. The summed E-state index contributed by atoms with van der Waals surface area (Å²) in [6.45, 7) is 0.159. The van der Waals surface area contributed by atoms with Gasteiger partial charge in [0.2, 0.25) is 11.8 Å². The molecule has 126 valence electrons. The number of carbonyl (C=O) groups excluding carboxylic acids is 2. The molecule has 4 rings (SSSR count). The first-order valence-corrected chi connectivity index (χ1v) is 7.91. The molecule has 7 nitrogen and oxygen atoms in total. The normalized spacial score (nSPS) is 13.6. The lowest BCUT2D eigenvalue weighted by Gasteiger charge is -2.29. The first-order valence-electron chi connectivity index (χ1n) is 7.91. The maximum absolute atomic E-state index is 12.6. The van der Waals surface area contributed by atoms with Gasteiger partial charge in [0.15, 0.2) is 5.58 Å². The average molecular weight is 337 g/mol. The van der Waals surface area contributed by atoms with Gasteiger partial charge in [-0.05, 0) is 24.3 Å². The molecule has 0 spiro atoms. The second kappa shape index (κ2) is 5.94. The number of aromatic nitrogens is 1. The fourth-order valence-corrected chi connectivity index (χ4v) is 3.02. The lowest BCUT2D eigenvalue weighted by Crippen LogP contribution is -2.42. The number of rotatable bonds is 3. The van der Waals surface area contributed by atoms with E-state index in [0.29, 0.717) is 22.5 Å². The van der Waals surface area contributed by atoms with Gasteiger partial charge in [0.25, 0.3) is 0 Å². The van der Waals surface area contributed by atoms with Crippen molar-refractivity contribution in [3.63, 3.8) is 0 Å². The van der Waals surface area contributed by atoms with Gasteiger partial charge in [-0.25, -0.2) is 4.79 Å². The van der Waals surface area contributed by atoms with E-state index >= 15 is 0 Å². The summed E-state index contributed by atoms with van der Waals surface area (Å²) in [7, 11) is 0. The Hall–Kier alpha value is -3.35. The van der Waals surface area contributed by atoms with Crippen molar-refractivity contribution in [1.82, 2.24) is 4.57 Å². The molecule has 3 aromatic rings. The van der Waals surface area contributed by atoms with E-state index in [-0.39, 0.29) is 31.3 Å². The van der Waals surface area contributed by atoms with Gasteiger partial charge < -0.3 is 14.6 Å². The van der Waals surface area contributed by atoms with Crippen LogP contribution >= 0.6 is 0 Å². The molecule has 2 aromatic carbocycles. The fourth-order valence-electron chi connectivity index (χ4n) is 3.02. The van der Waals surface area contributed by atoms with Gasteiger partial charge in [-0.2, -0.15) is 0 Å². The number of fused-ring (bicyclic) bond motifs is 2. The van der Waals surface area contributed by atoms with E-state index in [2.05, 4.69) is 5.32 Å². The van der Waals surface area contributed by atoms with Crippen molar-refractivity contribution in [2.24, 2.45) is 0 Å². The van der Waals surface area contributed by atoms with Crippen LogP contribution < -0.4 is 16.0 Å². The molecule has 0 atom stereocenters. The van der Waals surface area contributed by atoms with E-state index < -0.39 is 5.76 Å². The molecule has 0 fully saturated rings. The lowest BCUT2D eigenvalue weighted by molar-refractivity contribution is -0.122. The molecule has 1 N–H and O–H groups in total. The molecular weight excluding hydrogens is 322 g/mol. The summed E-state index contributed by atoms with van der Waals surface area (Å²) >= 11 is 0. The van der Waals surface area contributed by atoms with E-state index in [4.69, 9.17) is 4.42 Å². The van der Waals surface area contributed by atoms with Gasteiger partial charge in [-0.15, -0.1) is 0 Å². The van der Waals surface area contributed by atoms with Gasteiger partial charge in [0.1, 0.15) is 6.54 Å². The Morgan fingerprint density at radius 3 is 2.72 bits per heavy atom. The summed E-state index contributed by atoms with van der Waals surface area (Å²) in [6.07, 6.45) is 0.0883. The molecule has 7 heteroatoms. The van der Waals surface area contributed by atoms with Crippen LogP contribution in [0.2, 0.25) is 0 Å².